The molecule has 0 aliphatic heterocycles. The Kier molecular flexibility index (Phi) is 8.22. The van der Waals surface area contributed by atoms with E-state index in [9.17, 15) is 9.59 Å². The summed E-state index contributed by atoms with van der Waals surface area (Å²) in [4.78, 5) is 25.4. The van der Waals surface area contributed by atoms with Gasteiger partial charge in [-0.25, -0.2) is 9.59 Å². The van der Waals surface area contributed by atoms with Crippen molar-refractivity contribution in [3.05, 3.63) is 93.0 Å². The standard InChI is InChI=1S/C28H32Cl2N4O2/c1-17-10-12-21(15-23(17)29)31-25(35)33-27(3,4)19-8-7-9-20(14-19)28(5,6)34-26(36)32-22-13-11-18(2)24(30)16-22/h7-16H,1-6H3,(H2,31,33,35)(H2,32,34,36). The number of hydrogen-bond donors (Lipinski definition) is 4. The van der Waals surface area contributed by atoms with Crippen molar-refractivity contribution in [3.63, 3.8) is 0 Å². The monoisotopic (exact) mass is 526 g/mol. The SMILES string of the molecule is Cc1ccc(NC(=O)NC(C)(C)c2cccc(C(C)(C)NC(=O)Nc3ccc(C)c(Cl)c3)c2)cc1Cl. The van der Waals surface area contributed by atoms with Crippen LogP contribution >= 0.6 is 23.2 Å². The number of hydrogen-bond acceptors (Lipinski definition) is 2. The Morgan fingerprint density at radius 2 is 1.03 bits per heavy atom. The summed E-state index contributed by atoms with van der Waals surface area (Å²) in [7, 11) is 0. The molecule has 3 rings (SSSR count). The lowest BCUT2D eigenvalue weighted by Gasteiger charge is -2.31. The topological polar surface area (TPSA) is 82.3 Å². The lowest BCUT2D eigenvalue weighted by Crippen LogP contribution is -2.45. The molecular weight excluding hydrogens is 495 g/mol. The van der Waals surface area contributed by atoms with Crippen LogP contribution in [0.15, 0.2) is 60.7 Å². The van der Waals surface area contributed by atoms with Crippen LogP contribution in [-0.2, 0) is 11.1 Å². The first kappa shape index (κ1) is 27.4. The van der Waals surface area contributed by atoms with Crippen molar-refractivity contribution in [2.45, 2.75) is 52.6 Å². The summed E-state index contributed by atoms with van der Waals surface area (Å²) in [5.41, 5.74) is 3.49. The third-order valence-electron chi connectivity index (χ3n) is 6.02. The molecule has 3 aromatic rings. The Labute approximate surface area is 222 Å². The van der Waals surface area contributed by atoms with Gasteiger partial charge in [0.05, 0.1) is 11.1 Å². The highest BCUT2D eigenvalue weighted by Gasteiger charge is 2.27. The largest absolute Gasteiger partial charge is 0.329 e. The molecule has 0 bridgehead atoms. The fraction of sp³-hybridized carbons (Fsp3) is 0.286. The summed E-state index contributed by atoms with van der Waals surface area (Å²) in [6, 6.07) is 17.8. The maximum atomic E-state index is 12.7. The fourth-order valence-electron chi connectivity index (χ4n) is 3.67. The van der Waals surface area contributed by atoms with E-state index in [1.165, 1.54) is 0 Å². The second-order valence-electron chi connectivity index (χ2n) is 9.92. The van der Waals surface area contributed by atoms with Crippen molar-refractivity contribution in [2.75, 3.05) is 10.6 Å². The molecular formula is C28H32Cl2N4O2. The van der Waals surface area contributed by atoms with Crippen LogP contribution < -0.4 is 21.3 Å². The van der Waals surface area contributed by atoms with Crippen molar-refractivity contribution in [2.24, 2.45) is 0 Å². The molecule has 0 aromatic heterocycles. The van der Waals surface area contributed by atoms with Gasteiger partial charge in [0.2, 0.25) is 0 Å². The number of amides is 4. The van der Waals surface area contributed by atoms with E-state index in [1.807, 2.05) is 77.9 Å². The minimum absolute atomic E-state index is 0.348. The molecule has 0 atom stereocenters. The van der Waals surface area contributed by atoms with Crippen LogP contribution in [0.5, 0.6) is 0 Å². The van der Waals surface area contributed by atoms with E-state index in [1.54, 1.807) is 24.3 Å². The van der Waals surface area contributed by atoms with Crippen LogP contribution in [0.4, 0.5) is 21.0 Å². The molecule has 36 heavy (non-hydrogen) atoms. The quantitative estimate of drug-likeness (QED) is 0.265. The Morgan fingerprint density at radius 1 is 0.639 bits per heavy atom. The number of carbonyl (C=O) groups excluding carboxylic acids is 2. The van der Waals surface area contributed by atoms with Gasteiger partial charge in [0, 0.05) is 21.4 Å². The van der Waals surface area contributed by atoms with Gasteiger partial charge in [0.1, 0.15) is 0 Å². The van der Waals surface area contributed by atoms with E-state index in [2.05, 4.69) is 21.3 Å². The van der Waals surface area contributed by atoms with Crippen molar-refractivity contribution in [1.29, 1.82) is 0 Å². The number of nitrogens with one attached hydrogen (secondary N) is 4. The van der Waals surface area contributed by atoms with Gasteiger partial charge in [0.15, 0.2) is 0 Å². The van der Waals surface area contributed by atoms with Crippen LogP contribution in [-0.4, -0.2) is 12.1 Å². The molecule has 6 nitrogen and oxygen atoms in total. The zero-order valence-electron chi connectivity index (χ0n) is 21.3. The van der Waals surface area contributed by atoms with Gasteiger partial charge in [-0.05, 0) is 88.1 Å². The van der Waals surface area contributed by atoms with Crippen molar-refractivity contribution < 1.29 is 9.59 Å². The molecule has 8 heteroatoms. The Morgan fingerprint density at radius 3 is 1.39 bits per heavy atom. The average molecular weight is 527 g/mol. The summed E-state index contributed by atoms with van der Waals surface area (Å²) in [6.07, 6.45) is 0. The maximum absolute atomic E-state index is 12.7. The Balaban J connectivity index is 1.70. The zero-order chi connectivity index (χ0) is 26.7. The van der Waals surface area contributed by atoms with E-state index in [-0.39, 0.29) is 12.1 Å². The molecule has 4 amide bonds. The van der Waals surface area contributed by atoms with Gasteiger partial charge in [-0.2, -0.15) is 0 Å². The highest BCUT2D eigenvalue weighted by Crippen LogP contribution is 2.28. The number of aryl methyl sites for hydroxylation is 2. The molecule has 3 aromatic carbocycles. The van der Waals surface area contributed by atoms with E-state index in [0.717, 1.165) is 22.3 Å². The van der Waals surface area contributed by atoms with E-state index >= 15 is 0 Å². The molecule has 190 valence electrons. The predicted octanol–water partition coefficient (Wildman–Crippen LogP) is 7.72. The number of carbonyl (C=O) groups is 2. The lowest BCUT2D eigenvalue weighted by atomic mass is 9.87. The van der Waals surface area contributed by atoms with Crippen molar-refractivity contribution in [3.8, 4) is 0 Å². The second-order valence-corrected chi connectivity index (χ2v) is 10.7. The van der Waals surface area contributed by atoms with Crippen molar-refractivity contribution in [1.82, 2.24) is 10.6 Å². The van der Waals surface area contributed by atoms with Crippen LogP contribution in [0.25, 0.3) is 0 Å². The van der Waals surface area contributed by atoms with Gasteiger partial charge >= 0.3 is 12.1 Å². The number of urea groups is 2. The van der Waals surface area contributed by atoms with Crippen LogP contribution in [0, 0.1) is 13.8 Å². The minimum Gasteiger partial charge on any atom is -0.329 e. The van der Waals surface area contributed by atoms with Gasteiger partial charge in [-0.1, -0.05) is 59.6 Å². The first-order valence-corrected chi connectivity index (χ1v) is 12.3. The molecule has 0 heterocycles. The molecule has 0 aliphatic rings. The molecule has 0 spiro atoms. The van der Waals surface area contributed by atoms with Crippen molar-refractivity contribution >= 4 is 46.6 Å². The summed E-state index contributed by atoms with van der Waals surface area (Å²) < 4.78 is 0. The highest BCUT2D eigenvalue weighted by atomic mass is 35.5. The highest BCUT2D eigenvalue weighted by molar-refractivity contribution is 6.32. The Bertz CT molecular complexity index is 1190. The van der Waals surface area contributed by atoms with Crippen LogP contribution in [0.2, 0.25) is 10.0 Å². The van der Waals surface area contributed by atoms with Gasteiger partial charge in [-0.3, -0.25) is 0 Å². The average Bonchev–Trinajstić information content (AvgIpc) is 2.78. The summed E-state index contributed by atoms with van der Waals surface area (Å²) in [5.74, 6) is 0. The Hall–Kier alpha value is -3.22. The minimum atomic E-state index is -0.689. The van der Waals surface area contributed by atoms with Gasteiger partial charge in [0.25, 0.3) is 0 Å². The smallest absolute Gasteiger partial charge is 0.319 e. The summed E-state index contributed by atoms with van der Waals surface area (Å²) in [6.45, 7) is 11.5. The van der Waals surface area contributed by atoms with Gasteiger partial charge in [-0.15, -0.1) is 0 Å². The normalized spacial score (nSPS) is 11.6. The molecule has 0 saturated heterocycles. The number of benzene rings is 3. The zero-order valence-corrected chi connectivity index (χ0v) is 22.9. The third kappa shape index (κ3) is 6.93. The molecule has 0 fully saturated rings. The first-order chi connectivity index (χ1) is 16.8. The molecule has 0 radical (unpaired) electrons. The fourth-order valence-corrected chi connectivity index (χ4v) is 4.04. The summed E-state index contributed by atoms with van der Waals surface area (Å²) >= 11 is 12.3. The molecule has 0 aliphatic carbocycles. The lowest BCUT2D eigenvalue weighted by molar-refractivity contribution is 0.241. The van der Waals surface area contributed by atoms with Crippen LogP contribution in [0.3, 0.4) is 0 Å². The third-order valence-corrected chi connectivity index (χ3v) is 6.83. The molecule has 0 unspecified atom stereocenters. The summed E-state index contributed by atoms with van der Waals surface area (Å²) in [5, 5.41) is 12.9. The van der Waals surface area contributed by atoms with Crippen LogP contribution in [0.1, 0.15) is 49.9 Å². The number of halogens is 2. The molecule has 0 saturated carbocycles. The number of anilines is 2. The van der Waals surface area contributed by atoms with E-state index in [0.29, 0.717) is 21.4 Å². The predicted molar refractivity (Wildman–Crippen MR) is 149 cm³/mol. The van der Waals surface area contributed by atoms with E-state index < -0.39 is 11.1 Å². The van der Waals surface area contributed by atoms with E-state index in [4.69, 9.17) is 23.2 Å². The number of rotatable bonds is 6. The molecule has 4 N–H and O–H groups in total. The maximum Gasteiger partial charge on any atom is 0.319 e. The first-order valence-electron chi connectivity index (χ1n) is 11.6. The second kappa shape index (κ2) is 10.8. The van der Waals surface area contributed by atoms with Gasteiger partial charge < -0.3 is 21.3 Å².